The molecule has 1 aliphatic heterocycles. The molecule has 1 atom stereocenters. The number of nitrogens with one attached hydrogen (secondary N) is 4. The Kier molecular flexibility index (Phi) is 7.44. The third-order valence-electron chi connectivity index (χ3n) is 4.05. The van der Waals surface area contributed by atoms with Crippen LogP contribution in [0.1, 0.15) is 19.3 Å². The quantitative estimate of drug-likeness (QED) is 0.641. The van der Waals surface area contributed by atoms with E-state index in [0.717, 1.165) is 30.8 Å². The highest BCUT2D eigenvalue weighted by Crippen LogP contribution is 2.16. The molecule has 0 aliphatic carbocycles. The lowest BCUT2D eigenvalue weighted by Gasteiger charge is -2.11. The van der Waals surface area contributed by atoms with Gasteiger partial charge < -0.3 is 21.3 Å². The second-order valence-electron chi connectivity index (χ2n) is 6.07. The molecule has 1 heterocycles. The smallest absolute Gasteiger partial charge is 0.323 e. The fraction of sp³-hybridized carbons (Fsp3) is 0.263. The molecule has 3 amide bonds. The van der Waals surface area contributed by atoms with Crippen LogP contribution in [0.15, 0.2) is 54.6 Å². The normalized spacial score (nSPS) is 15.6. The summed E-state index contributed by atoms with van der Waals surface area (Å²) < 4.78 is 0. The largest absolute Gasteiger partial charge is 0.326 e. The maximum absolute atomic E-state index is 12.0. The number of amides is 3. The average molecular weight is 375 g/mol. The van der Waals surface area contributed by atoms with Crippen molar-refractivity contribution >= 4 is 41.4 Å². The zero-order chi connectivity index (χ0) is 17.5. The van der Waals surface area contributed by atoms with E-state index in [1.807, 2.05) is 30.3 Å². The summed E-state index contributed by atoms with van der Waals surface area (Å²) in [5.41, 5.74) is 2.10. The lowest BCUT2D eigenvalue weighted by molar-refractivity contribution is -0.116. The second kappa shape index (κ2) is 9.79. The van der Waals surface area contributed by atoms with E-state index in [2.05, 4.69) is 21.3 Å². The van der Waals surface area contributed by atoms with Crippen LogP contribution in [0.4, 0.5) is 21.9 Å². The van der Waals surface area contributed by atoms with E-state index in [1.165, 1.54) is 0 Å². The molecule has 7 heteroatoms. The van der Waals surface area contributed by atoms with Gasteiger partial charge in [-0.25, -0.2) is 4.79 Å². The SMILES string of the molecule is Cl.O=C(CC1CCCN1)Nc1ccc(NC(=O)Nc2ccccc2)cc1. The Bertz CT molecular complexity index is 716. The van der Waals surface area contributed by atoms with E-state index < -0.39 is 0 Å². The van der Waals surface area contributed by atoms with Gasteiger partial charge in [0.15, 0.2) is 0 Å². The number of urea groups is 1. The second-order valence-corrected chi connectivity index (χ2v) is 6.07. The number of benzene rings is 2. The molecule has 138 valence electrons. The minimum atomic E-state index is -0.310. The van der Waals surface area contributed by atoms with Gasteiger partial charge in [-0.15, -0.1) is 12.4 Å². The van der Waals surface area contributed by atoms with Crippen LogP contribution in [0.3, 0.4) is 0 Å². The zero-order valence-corrected chi connectivity index (χ0v) is 15.1. The highest BCUT2D eigenvalue weighted by molar-refractivity contribution is 6.00. The molecule has 0 radical (unpaired) electrons. The third kappa shape index (κ3) is 6.06. The van der Waals surface area contributed by atoms with Crippen LogP contribution in [-0.2, 0) is 4.79 Å². The van der Waals surface area contributed by atoms with Gasteiger partial charge in [0.05, 0.1) is 0 Å². The summed E-state index contributed by atoms with van der Waals surface area (Å²) in [4.78, 5) is 23.9. The molecule has 2 aromatic carbocycles. The first-order valence-electron chi connectivity index (χ1n) is 8.45. The molecule has 1 fully saturated rings. The van der Waals surface area contributed by atoms with Crippen LogP contribution in [0.2, 0.25) is 0 Å². The maximum Gasteiger partial charge on any atom is 0.323 e. The third-order valence-corrected chi connectivity index (χ3v) is 4.05. The Morgan fingerprint density at radius 2 is 1.46 bits per heavy atom. The topological polar surface area (TPSA) is 82.3 Å². The van der Waals surface area contributed by atoms with Gasteiger partial charge in [-0.3, -0.25) is 4.79 Å². The Morgan fingerprint density at radius 1 is 0.885 bits per heavy atom. The minimum Gasteiger partial charge on any atom is -0.326 e. The van der Waals surface area contributed by atoms with Crippen molar-refractivity contribution in [2.45, 2.75) is 25.3 Å². The Labute approximate surface area is 159 Å². The van der Waals surface area contributed by atoms with Crippen LogP contribution in [0, 0.1) is 0 Å². The summed E-state index contributed by atoms with van der Waals surface area (Å²) in [5, 5.41) is 11.7. The molecule has 0 saturated carbocycles. The monoisotopic (exact) mass is 374 g/mol. The molecule has 6 nitrogen and oxygen atoms in total. The fourth-order valence-electron chi connectivity index (χ4n) is 2.82. The van der Waals surface area contributed by atoms with E-state index in [4.69, 9.17) is 0 Å². The summed E-state index contributed by atoms with van der Waals surface area (Å²) in [5.74, 6) is 0.00179. The molecular weight excluding hydrogens is 352 g/mol. The predicted molar refractivity (Wildman–Crippen MR) is 107 cm³/mol. The Hall–Kier alpha value is -2.57. The summed E-state index contributed by atoms with van der Waals surface area (Å²) in [6.45, 7) is 0.989. The van der Waals surface area contributed by atoms with Crippen LogP contribution < -0.4 is 21.3 Å². The molecule has 1 saturated heterocycles. The molecule has 1 unspecified atom stereocenters. The number of hydrogen-bond donors (Lipinski definition) is 4. The van der Waals surface area contributed by atoms with Gasteiger partial charge in [-0.1, -0.05) is 18.2 Å². The standard InChI is InChI=1S/C19H22N4O2.ClH/c24-18(13-17-7-4-12-20-17)21-15-8-10-16(11-9-15)23-19(25)22-14-5-2-1-3-6-14;/h1-3,5-6,8-11,17,20H,4,7,12-13H2,(H,21,24)(H2,22,23,25);1H. The number of hydrogen-bond acceptors (Lipinski definition) is 3. The van der Waals surface area contributed by atoms with E-state index in [1.54, 1.807) is 24.3 Å². The van der Waals surface area contributed by atoms with Gasteiger partial charge in [-0.2, -0.15) is 0 Å². The van der Waals surface area contributed by atoms with E-state index in [0.29, 0.717) is 12.1 Å². The molecule has 0 spiro atoms. The van der Waals surface area contributed by atoms with Crippen LogP contribution >= 0.6 is 12.4 Å². The average Bonchev–Trinajstić information content (AvgIpc) is 3.10. The van der Waals surface area contributed by atoms with Crippen molar-refractivity contribution in [3.63, 3.8) is 0 Å². The van der Waals surface area contributed by atoms with Crippen LogP contribution in [0.5, 0.6) is 0 Å². The van der Waals surface area contributed by atoms with E-state index in [-0.39, 0.29) is 30.4 Å². The molecule has 4 N–H and O–H groups in total. The summed E-state index contributed by atoms with van der Waals surface area (Å²) in [7, 11) is 0. The van der Waals surface area contributed by atoms with Crippen LogP contribution in [-0.4, -0.2) is 24.5 Å². The van der Waals surface area contributed by atoms with Crippen molar-refractivity contribution in [1.29, 1.82) is 0 Å². The van der Waals surface area contributed by atoms with Crippen LogP contribution in [0.25, 0.3) is 0 Å². The minimum absolute atomic E-state index is 0. The molecule has 1 aliphatic rings. The lowest BCUT2D eigenvalue weighted by Crippen LogP contribution is -2.27. The van der Waals surface area contributed by atoms with Crippen molar-refractivity contribution in [2.24, 2.45) is 0 Å². The van der Waals surface area contributed by atoms with Gasteiger partial charge >= 0.3 is 6.03 Å². The van der Waals surface area contributed by atoms with Gasteiger partial charge in [0.25, 0.3) is 0 Å². The van der Waals surface area contributed by atoms with E-state index >= 15 is 0 Å². The van der Waals surface area contributed by atoms with Gasteiger partial charge in [0.2, 0.25) is 5.91 Å². The number of para-hydroxylation sites is 1. The van der Waals surface area contributed by atoms with Gasteiger partial charge in [0.1, 0.15) is 0 Å². The van der Waals surface area contributed by atoms with Crippen molar-refractivity contribution in [2.75, 3.05) is 22.5 Å². The predicted octanol–water partition coefficient (Wildman–Crippen LogP) is 3.83. The lowest BCUT2D eigenvalue weighted by atomic mass is 10.1. The summed E-state index contributed by atoms with van der Waals surface area (Å²) >= 11 is 0. The Balaban J connectivity index is 0.00000243. The summed E-state index contributed by atoms with van der Waals surface area (Å²) in [6.07, 6.45) is 2.66. The number of halogens is 1. The molecule has 0 bridgehead atoms. The molecule has 2 aromatic rings. The van der Waals surface area contributed by atoms with Crippen molar-refractivity contribution in [1.82, 2.24) is 5.32 Å². The Morgan fingerprint density at radius 3 is 2.04 bits per heavy atom. The first-order valence-corrected chi connectivity index (χ1v) is 8.45. The molecule has 26 heavy (non-hydrogen) atoms. The molecule has 3 rings (SSSR count). The zero-order valence-electron chi connectivity index (χ0n) is 14.3. The van der Waals surface area contributed by atoms with Crippen molar-refractivity contribution < 1.29 is 9.59 Å². The fourth-order valence-corrected chi connectivity index (χ4v) is 2.82. The number of carbonyl (C=O) groups is 2. The van der Waals surface area contributed by atoms with Crippen molar-refractivity contribution in [3.05, 3.63) is 54.6 Å². The number of rotatable bonds is 5. The highest BCUT2D eigenvalue weighted by atomic mass is 35.5. The molecular formula is C19H23ClN4O2. The number of anilines is 3. The van der Waals surface area contributed by atoms with E-state index in [9.17, 15) is 9.59 Å². The van der Waals surface area contributed by atoms with Gasteiger partial charge in [-0.05, 0) is 55.8 Å². The first-order chi connectivity index (χ1) is 12.2. The van der Waals surface area contributed by atoms with Crippen molar-refractivity contribution in [3.8, 4) is 0 Å². The number of carbonyl (C=O) groups excluding carboxylic acids is 2. The highest BCUT2D eigenvalue weighted by Gasteiger charge is 2.17. The molecule has 0 aromatic heterocycles. The maximum atomic E-state index is 12.0. The summed E-state index contributed by atoms with van der Waals surface area (Å²) in [6, 6.07) is 16.3. The van der Waals surface area contributed by atoms with Gasteiger partial charge in [0, 0.05) is 29.5 Å². The first kappa shape index (κ1) is 19.8.